The molecule has 7 nitrogen and oxygen atoms in total. The second-order valence-corrected chi connectivity index (χ2v) is 8.07. The summed E-state index contributed by atoms with van der Waals surface area (Å²) in [5.41, 5.74) is 1.37. The van der Waals surface area contributed by atoms with Gasteiger partial charge < -0.3 is 15.4 Å². The van der Waals surface area contributed by atoms with E-state index in [0.29, 0.717) is 29.1 Å². The predicted octanol–water partition coefficient (Wildman–Crippen LogP) is 5.62. The molecule has 0 spiro atoms. The third-order valence-corrected chi connectivity index (χ3v) is 5.79. The van der Waals surface area contributed by atoms with E-state index in [1.807, 2.05) is 0 Å². The Labute approximate surface area is 196 Å². The lowest BCUT2D eigenvalue weighted by Crippen LogP contribution is -2.25. The van der Waals surface area contributed by atoms with Crippen molar-refractivity contribution in [1.29, 1.82) is 0 Å². The number of benzene rings is 2. The van der Waals surface area contributed by atoms with Gasteiger partial charge in [-0.05, 0) is 55.4 Å². The van der Waals surface area contributed by atoms with Crippen LogP contribution in [0.15, 0.2) is 55.0 Å². The maximum Gasteiger partial charge on any atom is 0.417 e. The molecule has 0 unspecified atom stereocenters. The second-order valence-electron chi connectivity index (χ2n) is 7.66. The molecule has 174 valence electrons. The first-order valence-corrected chi connectivity index (χ1v) is 10.7. The van der Waals surface area contributed by atoms with Crippen molar-refractivity contribution in [3.05, 3.63) is 76.8 Å². The molecule has 1 amide bonds. The second kappa shape index (κ2) is 8.62. The average molecular weight is 488 g/mol. The van der Waals surface area contributed by atoms with Gasteiger partial charge in [0.05, 0.1) is 21.8 Å². The third-order valence-electron chi connectivity index (χ3n) is 5.46. The van der Waals surface area contributed by atoms with Crippen molar-refractivity contribution >= 4 is 34.2 Å². The molecule has 2 aromatic heterocycles. The van der Waals surface area contributed by atoms with Crippen molar-refractivity contribution in [3.63, 3.8) is 0 Å². The number of carbonyl (C=O) groups excluding carboxylic acids is 1. The number of aromatic nitrogens is 3. The van der Waals surface area contributed by atoms with E-state index in [1.165, 1.54) is 23.2 Å². The quantitative estimate of drug-likeness (QED) is 0.392. The van der Waals surface area contributed by atoms with Crippen LogP contribution in [0.5, 0.6) is 11.6 Å². The number of nitrogens with one attached hydrogen (secondary N) is 2. The highest BCUT2D eigenvalue weighted by Crippen LogP contribution is 2.36. The van der Waals surface area contributed by atoms with Crippen LogP contribution in [0.25, 0.3) is 10.9 Å². The van der Waals surface area contributed by atoms with Gasteiger partial charge in [0.25, 0.3) is 0 Å². The molecule has 0 saturated carbocycles. The molecule has 34 heavy (non-hydrogen) atoms. The molecule has 0 bridgehead atoms. The number of rotatable bonds is 3. The minimum Gasteiger partial charge on any atom is -0.439 e. The molecule has 0 radical (unpaired) electrons. The molecule has 2 N–H and O–H groups in total. The van der Waals surface area contributed by atoms with Gasteiger partial charge in [0.15, 0.2) is 0 Å². The minimum atomic E-state index is -4.63. The normalized spacial score (nSPS) is 13.5. The van der Waals surface area contributed by atoms with Crippen LogP contribution in [0.2, 0.25) is 5.02 Å². The zero-order valence-corrected chi connectivity index (χ0v) is 18.2. The molecular weight excluding hydrogens is 471 g/mol. The number of fused-ring (bicyclic) bond motifs is 2. The Morgan fingerprint density at radius 1 is 1.15 bits per heavy atom. The van der Waals surface area contributed by atoms with E-state index in [4.69, 9.17) is 16.3 Å². The molecule has 0 atom stereocenters. The van der Waals surface area contributed by atoms with Gasteiger partial charge >= 0.3 is 12.2 Å². The minimum absolute atomic E-state index is 0.0217. The fourth-order valence-electron chi connectivity index (χ4n) is 3.82. The van der Waals surface area contributed by atoms with E-state index < -0.39 is 22.8 Å². The summed E-state index contributed by atoms with van der Waals surface area (Å²) in [6, 6.07) is 9.47. The van der Waals surface area contributed by atoms with Crippen molar-refractivity contribution in [1.82, 2.24) is 19.9 Å². The summed E-state index contributed by atoms with van der Waals surface area (Å²) in [5, 5.41) is 6.00. The number of hydrogen-bond acceptors (Lipinski definition) is 5. The SMILES string of the molecule is O=C(Nc1ccc(Cl)c(C(F)(F)F)c1)n1ccc2cc(Oc3ncnc4c3CCNC4)ccc21. The van der Waals surface area contributed by atoms with Gasteiger partial charge in [-0.3, -0.25) is 4.57 Å². The van der Waals surface area contributed by atoms with Gasteiger partial charge in [0, 0.05) is 29.4 Å². The Morgan fingerprint density at radius 3 is 2.82 bits per heavy atom. The first-order valence-electron chi connectivity index (χ1n) is 10.3. The topological polar surface area (TPSA) is 81.1 Å². The number of anilines is 1. The van der Waals surface area contributed by atoms with Crippen LogP contribution in [-0.4, -0.2) is 27.1 Å². The summed E-state index contributed by atoms with van der Waals surface area (Å²) in [5.74, 6) is 1.03. The zero-order chi connectivity index (χ0) is 23.9. The molecule has 3 heterocycles. The highest BCUT2D eigenvalue weighted by atomic mass is 35.5. The van der Waals surface area contributed by atoms with Gasteiger partial charge in [0.1, 0.15) is 12.1 Å². The van der Waals surface area contributed by atoms with Crippen LogP contribution in [0.4, 0.5) is 23.7 Å². The monoisotopic (exact) mass is 487 g/mol. The Morgan fingerprint density at radius 2 is 2.00 bits per heavy atom. The number of halogens is 4. The standard InChI is InChI=1S/C23H17ClF3N5O2/c24-18-3-1-14(10-17(18)23(25,26)27)31-22(33)32-8-6-13-9-15(2-4-20(13)32)34-21-16-5-7-28-11-19(16)29-12-30-21/h1-4,6,8-10,12,28H,5,7,11H2,(H,31,33). The third kappa shape index (κ3) is 4.29. The number of hydrogen-bond donors (Lipinski definition) is 2. The van der Waals surface area contributed by atoms with Crippen molar-refractivity contribution in [2.45, 2.75) is 19.1 Å². The Bertz CT molecular complexity index is 1400. The highest BCUT2D eigenvalue weighted by Gasteiger charge is 2.33. The van der Waals surface area contributed by atoms with Crippen molar-refractivity contribution in [3.8, 4) is 11.6 Å². The van der Waals surface area contributed by atoms with Crippen LogP contribution >= 0.6 is 11.6 Å². The maximum atomic E-state index is 13.1. The Balaban J connectivity index is 1.38. The van der Waals surface area contributed by atoms with E-state index in [0.717, 1.165) is 36.4 Å². The van der Waals surface area contributed by atoms with E-state index in [-0.39, 0.29) is 5.69 Å². The number of nitrogens with zero attached hydrogens (tertiary/aromatic N) is 3. The van der Waals surface area contributed by atoms with Crippen LogP contribution in [0, 0.1) is 0 Å². The molecular formula is C23H17ClF3N5O2. The Kier molecular flexibility index (Phi) is 5.62. The van der Waals surface area contributed by atoms with Crippen molar-refractivity contribution in [2.24, 2.45) is 0 Å². The van der Waals surface area contributed by atoms with Crippen molar-refractivity contribution in [2.75, 3.05) is 11.9 Å². The summed E-state index contributed by atoms with van der Waals surface area (Å²) in [7, 11) is 0. The van der Waals surface area contributed by atoms with Crippen molar-refractivity contribution < 1.29 is 22.7 Å². The molecule has 4 aromatic rings. The van der Waals surface area contributed by atoms with Gasteiger partial charge in [-0.2, -0.15) is 13.2 Å². The molecule has 0 saturated heterocycles. The number of amides is 1. The average Bonchev–Trinajstić information content (AvgIpc) is 3.23. The van der Waals surface area contributed by atoms with Crippen LogP contribution in [0.3, 0.4) is 0 Å². The summed E-state index contributed by atoms with van der Waals surface area (Å²) < 4.78 is 46.6. The lowest BCUT2D eigenvalue weighted by Gasteiger charge is -2.18. The van der Waals surface area contributed by atoms with Gasteiger partial charge in [0.2, 0.25) is 5.88 Å². The number of carbonyl (C=O) groups is 1. The highest BCUT2D eigenvalue weighted by molar-refractivity contribution is 6.31. The molecule has 2 aromatic carbocycles. The lowest BCUT2D eigenvalue weighted by molar-refractivity contribution is -0.137. The Hall–Kier alpha value is -3.63. The van der Waals surface area contributed by atoms with E-state index in [9.17, 15) is 18.0 Å². The van der Waals surface area contributed by atoms with Gasteiger partial charge in [-0.1, -0.05) is 11.6 Å². The molecule has 5 rings (SSSR count). The summed E-state index contributed by atoms with van der Waals surface area (Å²) in [4.78, 5) is 21.3. The summed E-state index contributed by atoms with van der Waals surface area (Å²) >= 11 is 5.65. The summed E-state index contributed by atoms with van der Waals surface area (Å²) in [6.07, 6.45) is -0.886. The zero-order valence-electron chi connectivity index (χ0n) is 17.5. The van der Waals surface area contributed by atoms with E-state index in [1.54, 1.807) is 24.3 Å². The number of alkyl halides is 3. The summed E-state index contributed by atoms with van der Waals surface area (Å²) in [6.45, 7) is 1.47. The smallest absolute Gasteiger partial charge is 0.417 e. The molecule has 0 aliphatic carbocycles. The maximum absolute atomic E-state index is 13.1. The molecule has 0 fully saturated rings. The number of ether oxygens (including phenoxy) is 1. The molecule has 1 aliphatic rings. The van der Waals surface area contributed by atoms with Gasteiger partial charge in [-0.25, -0.2) is 14.8 Å². The van der Waals surface area contributed by atoms with Crippen LogP contribution in [0.1, 0.15) is 16.8 Å². The van der Waals surface area contributed by atoms with Crippen LogP contribution < -0.4 is 15.4 Å². The molecule has 1 aliphatic heterocycles. The predicted molar refractivity (Wildman–Crippen MR) is 120 cm³/mol. The lowest BCUT2D eigenvalue weighted by atomic mass is 10.1. The molecule has 11 heteroatoms. The van der Waals surface area contributed by atoms with E-state index >= 15 is 0 Å². The van der Waals surface area contributed by atoms with Crippen LogP contribution in [-0.2, 0) is 19.1 Å². The fourth-order valence-corrected chi connectivity index (χ4v) is 4.04. The first kappa shape index (κ1) is 22.2. The fraction of sp³-hybridized carbons (Fsp3) is 0.174. The largest absolute Gasteiger partial charge is 0.439 e. The van der Waals surface area contributed by atoms with Gasteiger partial charge in [-0.15, -0.1) is 0 Å². The first-order chi connectivity index (χ1) is 16.3. The van der Waals surface area contributed by atoms with E-state index in [2.05, 4.69) is 20.6 Å².